The molecule has 2 saturated heterocycles. The van der Waals surface area contributed by atoms with Gasteiger partial charge in [-0.05, 0) is 44.4 Å². The van der Waals surface area contributed by atoms with E-state index in [1.54, 1.807) is 4.31 Å². The molecule has 2 bridgehead atoms. The van der Waals surface area contributed by atoms with Crippen LogP contribution in [-0.2, 0) is 10.0 Å². The molecule has 2 heterocycles. The molecule has 0 radical (unpaired) electrons. The summed E-state index contributed by atoms with van der Waals surface area (Å²) in [6, 6.07) is 0.452. The Morgan fingerprint density at radius 1 is 1.06 bits per heavy atom. The SMILES string of the molecule is NC(CS(=O)(=O)N1C2CCC1CC2)C1CC1. The fourth-order valence-electron chi connectivity index (χ4n) is 3.31. The molecule has 1 aliphatic carbocycles. The zero-order chi connectivity index (χ0) is 11.3. The highest BCUT2D eigenvalue weighted by molar-refractivity contribution is 7.89. The van der Waals surface area contributed by atoms with Gasteiger partial charge in [0.05, 0.1) is 5.75 Å². The Labute approximate surface area is 97.2 Å². The van der Waals surface area contributed by atoms with Gasteiger partial charge >= 0.3 is 0 Å². The summed E-state index contributed by atoms with van der Waals surface area (Å²) in [5, 5.41) is 0. The van der Waals surface area contributed by atoms with Crippen LogP contribution in [0.15, 0.2) is 0 Å². The average molecular weight is 244 g/mol. The fourth-order valence-corrected chi connectivity index (χ4v) is 5.57. The van der Waals surface area contributed by atoms with Crippen molar-refractivity contribution in [1.82, 2.24) is 4.31 Å². The van der Waals surface area contributed by atoms with Gasteiger partial charge in [0.2, 0.25) is 10.0 Å². The lowest BCUT2D eigenvalue weighted by molar-refractivity contribution is 0.392. The number of hydrogen-bond donors (Lipinski definition) is 1. The summed E-state index contributed by atoms with van der Waals surface area (Å²) < 4.78 is 26.4. The molecule has 0 aromatic heterocycles. The van der Waals surface area contributed by atoms with Gasteiger partial charge in [0.15, 0.2) is 0 Å². The van der Waals surface area contributed by atoms with Crippen LogP contribution >= 0.6 is 0 Å². The zero-order valence-electron chi connectivity index (χ0n) is 9.51. The van der Waals surface area contributed by atoms with E-state index in [0.717, 1.165) is 38.5 Å². The number of sulfonamides is 1. The first-order chi connectivity index (χ1) is 7.58. The van der Waals surface area contributed by atoms with Crippen molar-refractivity contribution in [2.24, 2.45) is 11.7 Å². The topological polar surface area (TPSA) is 63.4 Å². The summed E-state index contributed by atoms with van der Waals surface area (Å²) >= 11 is 0. The molecule has 3 rings (SSSR count). The highest BCUT2D eigenvalue weighted by Gasteiger charge is 2.47. The Kier molecular flexibility index (Phi) is 2.53. The molecule has 2 N–H and O–H groups in total. The first-order valence-corrected chi connectivity index (χ1v) is 7.95. The second-order valence-corrected chi connectivity index (χ2v) is 7.49. The number of rotatable bonds is 4. The van der Waals surface area contributed by atoms with Gasteiger partial charge in [-0.25, -0.2) is 8.42 Å². The van der Waals surface area contributed by atoms with Crippen LogP contribution in [-0.4, -0.2) is 36.6 Å². The fraction of sp³-hybridized carbons (Fsp3) is 1.00. The number of hydrogen-bond acceptors (Lipinski definition) is 3. The summed E-state index contributed by atoms with van der Waals surface area (Å²) in [6.07, 6.45) is 6.46. The number of nitrogens with zero attached hydrogens (tertiary/aromatic N) is 1. The molecule has 4 nitrogen and oxygen atoms in total. The van der Waals surface area contributed by atoms with E-state index in [1.807, 2.05) is 0 Å². The molecule has 2 aliphatic heterocycles. The Morgan fingerprint density at radius 2 is 1.56 bits per heavy atom. The lowest BCUT2D eigenvalue weighted by Crippen LogP contribution is -2.42. The molecule has 92 valence electrons. The van der Waals surface area contributed by atoms with Crippen molar-refractivity contribution >= 4 is 10.0 Å². The lowest BCUT2D eigenvalue weighted by atomic mass is 10.0. The number of fused-ring (bicyclic) bond motifs is 2. The van der Waals surface area contributed by atoms with Gasteiger partial charge in [-0.1, -0.05) is 0 Å². The molecule has 5 heteroatoms. The van der Waals surface area contributed by atoms with E-state index in [1.165, 1.54) is 0 Å². The van der Waals surface area contributed by atoms with Crippen LogP contribution in [0.4, 0.5) is 0 Å². The Morgan fingerprint density at radius 3 is 2.00 bits per heavy atom. The second kappa shape index (κ2) is 3.68. The van der Waals surface area contributed by atoms with Gasteiger partial charge in [0, 0.05) is 18.1 Å². The largest absolute Gasteiger partial charge is 0.326 e. The molecular weight excluding hydrogens is 224 g/mol. The van der Waals surface area contributed by atoms with Gasteiger partial charge in [-0.15, -0.1) is 0 Å². The molecule has 1 atom stereocenters. The predicted molar refractivity (Wildman–Crippen MR) is 62.4 cm³/mol. The van der Waals surface area contributed by atoms with E-state index < -0.39 is 10.0 Å². The van der Waals surface area contributed by atoms with Gasteiger partial charge in [-0.3, -0.25) is 0 Å². The molecular formula is C11H20N2O2S. The van der Waals surface area contributed by atoms with Crippen molar-refractivity contribution in [3.63, 3.8) is 0 Å². The summed E-state index contributed by atoms with van der Waals surface area (Å²) in [7, 11) is -3.09. The minimum absolute atomic E-state index is 0.134. The van der Waals surface area contributed by atoms with Crippen molar-refractivity contribution in [1.29, 1.82) is 0 Å². The molecule has 0 aromatic rings. The third kappa shape index (κ3) is 1.79. The minimum atomic E-state index is -3.09. The Balaban J connectivity index is 1.72. The maximum absolute atomic E-state index is 12.3. The normalized spacial score (nSPS) is 36.8. The quantitative estimate of drug-likeness (QED) is 0.791. The average Bonchev–Trinajstić information content (AvgIpc) is 2.89. The van der Waals surface area contributed by atoms with E-state index >= 15 is 0 Å². The predicted octanol–water partition coefficient (Wildman–Crippen LogP) is 0.680. The Bertz CT molecular complexity index is 357. The molecule has 0 spiro atoms. The van der Waals surface area contributed by atoms with Crippen molar-refractivity contribution < 1.29 is 8.42 Å². The van der Waals surface area contributed by atoms with Crippen LogP contribution in [0.25, 0.3) is 0 Å². The van der Waals surface area contributed by atoms with Crippen LogP contribution in [0.1, 0.15) is 38.5 Å². The first kappa shape index (κ1) is 11.0. The molecule has 3 fully saturated rings. The second-order valence-electron chi connectivity index (χ2n) is 5.57. The van der Waals surface area contributed by atoms with E-state index in [0.29, 0.717) is 18.0 Å². The molecule has 1 saturated carbocycles. The van der Waals surface area contributed by atoms with Crippen LogP contribution in [0.2, 0.25) is 0 Å². The smallest absolute Gasteiger partial charge is 0.216 e. The maximum atomic E-state index is 12.3. The standard InChI is InChI=1S/C11H20N2O2S/c12-11(8-1-2-8)7-16(14,15)13-9-3-4-10(13)6-5-9/h8-11H,1-7,12H2. The lowest BCUT2D eigenvalue weighted by Gasteiger charge is -2.23. The van der Waals surface area contributed by atoms with Gasteiger partial charge in [0.25, 0.3) is 0 Å². The first-order valence-electron chi connectivity index (χ1n) is 6.35. The monoisotopic (exact) mass is 244 g/mol. The van der Waals surface area contributed by atoms with Crippen molar-refractivity contribution in [3.05, 3.63) is 0 Å². The van der Waals surface area contributed by atoms with E-state index in [-0.39, 0.29) is 11.8 Å². The van der Waals surface area contributed by atoms with Crippen molar-refractivity contribution in [2.75, 3.05) is 5.75 Å². The summed E-state index contributed by atoms with van der Waals surface area (Å²) in [4.78, 5) is 0. The zero-order valence-corrected chi connectivity index (χ0v) is 10.3. The van der Waals surface area contributed by atoms with Gasteiger partial charge in [-0.2, -0.15) is 4.31 Å². The minimum Gasteiger partial charge on any atom is -0.326 e. The summed E-state index contributed by atoms with van der Waals surface area (Å²) in [5.74, 6) is 0.639. The van der Waals surface area contributed by atoms with Crippen molar-refractivity contribution in [2.45, 2.75) is 56.7 Å². The third-order valence-corrected chi connectivity index (χ3v) is 6.38. The molecule has 0 aromatic carbocycles. The van der Waals surface area contributed by atoms with E-state index in [2.05, 4.69) is 0 Å². The summed E-state index contributed by atoms with van der Waals surface area (Å²) in [6.45, 7) is 0. The molecule has 3 aliphatic rings. The van der Waals surface area contributed by atoms with Gasteiger partial charge in [0.1, 0.15) is 0 Å². The maximum Gasteiger partial charge on any atom is 0.216 e. The van der Waals surface area contributed by atoms with Gasteiger partial charge < -0.3 is 5.73 Å². The molecule has 0 amide bonds. The van der Waals surface area contributed by atoms with E-state index in [9.17, 15) is 8.42 Å². The highest BCUT2D eigenvalue weighted by atomic mass is 32.2. The van der Waals surface area contributed by atoms with Crippen LogP contribution < -0.4 is 5.73 Å². The van der Waals surface area contributed by atoms with E-state index in [4.69, 9.17) is 5.73 Å². The van der Waals surface area contributed by atoms with Crippen LogP contribution in [0.5, 0.6) is 0 Å². The summed E-state index contributed by atoms with van der Waals surface area (Å²) in [5.41, 5.74) is 5.94. The van der Waals surface area contributed by atoms with Crippen LogP contribution in [0.3, 0.4) is 0 Å². The van der Waals surface area contributed by atoms with Crippen LogP contribution in [0, 0.1) is 5.92 Å². The highest BCUT2D eigenvalue weighted by Crippen LogP contribution is 2.40. The Hall–Kier alpha value is -0.130. The third-order valence-electron chi connectivity index (χ3n) is 4.34. The molecule has 1 unspecified atom stereocenters. The number of nitrogens with two attached hydrogens (primary N) is 1. The molecule has 16 heavy (non-hydrogen) atoms. The van der Waals surface area contributed by atoms with Crippen molar-refractivity contribution in [3.8, 4) is 0 Å².